The first-order chi connectivity index (χ1) is 8.96. The summed E-state index contributed by atoms with van der Waals surface area (Å²) >= 11 is 0. The van der Waals surface area contributed by atoms with Gasteiger partial charge < -0.3 is 9.84 Å². The molecule has 3 nitrogen and oxygen atoms in total. The molecule has 1 fully saturated rings. The van der Waals surface area contributed by atoms with E-state index in [9.17, 15) is 13.9 Å². The largest absolute Gasteiger partial charge is 0.434 e. The average Bonchev–Trinajstić information content (AvgIpc) is 2.30. The molecule has 1 atom stereocenters. The molecule has 1 aromatic carbocycles. The van der Waals surface area contributed by atoms with Crippen molar-refractivity contribution in [1.29, 1.82) is 0 Å². The molecule has 1 aliphatic heterocycles. The van der Waals surface area contributed by atoms with E-state index in [2.05, 4.69) is 9.64 Å². The Balaban J connectivity index is 2.06. The van der Waals surface area contributed by atoms with Crippen molar-refractivity contribution in [3.63, 3.8) is 0 Å². The summed E-state index contributed by atoms with van der Waals surface area (Å²) in [5.74, 6) is 0.211. The first kappa shape index (κ1) is 14.2. The molecule has 0 aliphatic carbocycles. The summed E-state index contributed by atoms with van der Waals surface area (Å²) in [7, 11) is 0. The van der Waals surface area contributed by atoms with Gasteiger partial charge in [0, 0.05) is 18.7 Å². The highest BCUT2D eigenvalue weighted by atomic mass is 19.3. The summed E-state index contributed by atoms with van der Waals surface area (Å²) in [6.07, 6.45) is 1.68. The zero-order chi connectivity index (χ0) is 13.9. The van der Waals surface area contributed by atoms with Crippen LogP contribution in [0.3, 0.4) is 0 Å². The smallest absolute Gasteiger partial charge is 0.387 e. The Morgan fingerprint density at radius 2 is 2.16 bits per heavy atom. The Kier molecular flexibility index (Phi) is 4.37. The third kappa shape index (κ3) is 4.14. The Hall–Kier alpha value is -1.20. The second kappa shape index (κ2) is 5.84. The lowest BCUT2D eigenvalue weighted by atomic mass is 9.95. The summed E-state index contributed by atoms with van der Waals surface area (Å²) in [6.45, 7) is 0.917. The molecule has 0 aromatic heterocycles. The standard InChI is InChI=1S/C14H19F2NO2/c1-14(18)7-4-8-17(10-14)9-11-5-2-3-6-12(11)19-13(15)16/h2-3,5-6,13,18H,4,7-10H2,1H3. The highest BCUT2D eigenvalue weighted by molar-refractivity contribution is 5.33. The van der Waals surface area contributed by atoms with Crippen molar-refractivity contribution < 1.29 is 18.6 Å². The molecule has 0 spiro atoms. The van der Waals surface area contributed by atoms with E-state index in [1.807, 2.05) is 0 Å². The second-order valence-electron chi connectivity index (χ2n) is 5.30. The van der Waals surface area contributed by atoms with E-state index in [1.54, 1.807) is 31.2 Å². The Bertz CT molecular complexity index is 424. The van der Waals surface area contributed by atoms with Crippen LogP contribution in [0.25, 0.3) is 0 Å². The van der Waals surface area contributed by atoms with Crippen molar-refractivity contribution in [2.45, 2.75) is 38.5 Å². The van der Waals surface area contributed by atoms with Gasteiger partial charge in [0.2, 0.25) is 0 Å². The first-order valence-electron chi connectivity index (χ1n) is 6.44. The number of ether oxygens (including phenoxy) is 1. The Labute approximate surface area is 111 Å². The molecule has 19 heavy (non-hydrogen) atoms. The van der Waals surface area contributed by atoms with Gasteiger partial charge in [0.25, 0.3) is 0 Å². The number of halogens is 2. The Morgan fingerprint density at radius 3 is 2.84 bits per heavy atom. The van der Waals surface area contributed by atoms with Crippen LogP contribution in [0, 0.1) is 0 Å². The number of piperidine rings is 1. The summed E-state index contributed by atoms with van der Waals surface area (Å²) in [5, 5.41) is 10.0. The van der Waals surface area contributed by atoms with Crippen LogP contribution in [-0.2, 0) is 6.54 Å². The molecule has 1 saturated heterocycles. The highest BCUT2D eigenvalue weighted by Gasteiger charge is 2.28. The van der Waals surface area contributed by atoms with Gasteiger partial charge in [0.05, 0.1) is 5.60 Å². The number of likely N-dealkylation sites (tertiary alicyclic amines) is 1. The van der Waals surface area contributed by atoms with Crippen molar-refractivity contribution in [2.75, 3.05) is 13.1 Å². The number of benzene rings is 1. The zero-order valence-electron chi connectivity index (χ0n) is 11.0. The van der Waals surface area contributed by atoms with E-state index in [4.69, 9.17) is 0 Å². The number of alkyl halides is 2. The van der Waals surface area contributed by atoms with E-state index < -0.39 is 12.2 Å². The predicted molar refractivity (Wildman–Crippen MR) is 68.2 cm³/mol. The van der Waals surface area contributed by atoms with Gasteiger partial charge in [-0.3, -0.25) is 4.90 Å². The van der Waals surface area contributed by atoms with E-state index >= 15 is 0 Å². The number of rotatable bonds is 4. The van der Waals surface area contributed by atoms with Crippen molar-refractivity contribution >= 4 is 0 Å². The molecule has 1 N–H and O–H groups in total. The van der Waals surface area contributed by atoms with Gasteiger partial charge in [-0.2, -0.15) is 8.78 Å². The zero-order valence-corrected chi connectivity index (χ0v) is 11.0. The minimum absolute atomic E-state index is 0.211. The number of β-amino-alcohol motifs (C(OH)–C–C–N with tert-alkyl or cyclic N) is 1. The Morgan fingerprint density at radius 1 is 1.42 bits per heavy atom. The van der Waals surface area contributed by atoms with Crippen LogP contribution in [0.2, 0.25) is 0 Å². The summed E-state index contributed by atoms with van der Waals surface area (Å²) in [6, 6.07) is 6.80. The molecule has 106 valence electrons. The minimum Gasteiger partial charge on any atom is -0.434 e. The number of para-hydroxylation sites is 1. The lowest BCUT2D eigenvalue weighted by molar-refractivity contribution is -0.0518. The molecule has 0 saturated carbocycles. The molecule has 2 rings (SSSR count). The molecular formula is C14H19F2NO2. The molecule has 0 bridgehead atoms. The van der Waals surface area contributed by atoms with E-state index in [0.29, 0.717) is 13.1 Å². The quantitative estimate of drug-likeness (QED) is 0.913. The van der Waals surface area contributed by atoms with Crippen LogP contribution in [0.15, 0.2) is 24.3 Å². The second-order valence-corrected chi connectivity index (χ2v) is 5.30. The number of aliphatic hydroxyl groups is 1. The van der Waals surface area contributed by atoms with Crippen molar-refractivity contribution in [2.24, 2.45) is 0 Å². The normalized spacial score (nSPS) is 24.7. The van der Waals surface area contributed by atoms with Crippen LogP contribution in [-0.4, -0.2) is 35.3 Å². The van der Waals surface area contributed by atoms with E-state index in [0.717, 1.165) is 24.9 Å². The van der Waals surface area contributed by atoms with Gasteiger partial charge in [0.15, 0.2) is 0 Å². The fourth-order valence-electron chi connectivity index (χ4n) is 2.54. The number of hydrogen-bond acceptors (Lipinski definition) is 3. The van der Waals surface area contributed by atoms with Gasteiger partial charge in [-0.1, -0.05) is 18.2 Å². The molecule has 0 amide bonds. The number of hydrogen-bond donors (Lipinski definition) is 1. The minimum atomic E-state index is -2.81. The van der Waals surface area contributed by atoms with Crippen LogP contribution in [0.1, 0.15) is 25.3 Å². The highest BCUT2D eigenvalue weighted by Crippen LogP contribution is 2.26. The monoisotopic (exact) mass is 271 g/mol. The maximum absolute atomic E-state index is 12.3. The third-order valence-corrected chi connectivity index (χ3v) is 3.34. The summed E-state index contributed by atoms with van der Waals surface area (Å²) in [4.78, 5) is 2.07. The summed E-state index contributed by atoms with van der Waals surface area (Å²) < 4.78 is 29.2. The van der Waals surface area contributed by atoms with Gasteiger partial charge in [-0.05, 0) is 32.4 Å². The fourth-order valence-corrected chi connectivity index (χ4v) is 2.54. The van der Waals surface area contributed by atoms with Crippen LogP contribution >= 0.6 is 0 Å². The topological polar surface area (TPSA) is 32.7 Å². The fraction of sp³-hybridized carbons (Fsp3) is 0.571. The van der Waals surface area contributed by atoms with Gasteiger partial charge >= 0.3 is 6.61 Å². The molecule has 1 heterocycles. The molecule has 5 heteroatoms. The van der Waals surface area contributed by atoms with Crippen LogP contribution in [0.4, 0.5) is 8.78 Å². The molecular weight excluding hydrogens is 252 g/mol. The van der Waals surface area contributed by atoms with Crippen molar-refractivity contribution in [1.82, 2.24) is 4.90 Å². The summed E-state index contributed by atoms with van der Waals surface area (Å²) in [5.41, 5.74) is 0.0250. The first-order valence-corrected chi connectivity index (χ1v) is 6.44. The van der Waals surface area contributed by atoms with Gasteiger partial charge in [-0.15, -0.1) is 0 Å². The maximum Gasteiger partial charge on any atom is 0.387 e. The molecule has 1 aliphatic rings. The van der Waals surface area contributed by atoms with E-state index in [1.165, 1.54) is 0 Å². The SMILES string of the molecule is CC1(O)CCCN(Cc2ccccc2OC(F)F)C1. The number of nitrogens with zero attached hydrogens (tertiary/aromatic N) is 1. The maximum atomic E-state index is 12.3. The lowest BCUT2D eigenvalue weighted by Gasteiger charge is -2.37. The van der Waals surface area contributed by atoms with Gasteiger partial charge in [-0.25, -0.2) is 0 Å². The van der Waals surface area contributed by atoms with Crippen molar-refractivity contribution in [3.05, 3.63) is 29.8 Å². The van der Waals surface area contributed by atoms with Crippen LogP contribution < -0.4 is 4.74 Å². The predicted octanol–water partition coefficient (Wildman–Crippen LogP) is 2.63. The average molecular weight is 271 g/mol. The molecule has 1 unspecified atom stereocenters. The van der Waals surface area contributed by atoms with E-state index in [-0.39, 0.29) is 5.75 Å². The van der Waals surface area contributed by atoms with Gasteiger partial charge in [0.1, 0.15) is 5.75 Å². The molecule has 1 aromatic rings. The van der Waals surface area contributed by atoms with Crippen molar-refractivity contribution in [3.8, 4) is 5.75 Å². The van der Waals surface area contributed by atoms with Crippen LogP contribution in [0.5, 0.6) is 5.75 Å². The lowest BCUT2D eigenvalue weighted by Crippen LogP contribution is -2.45. The third-order valence-electron chi connectivity index (χ3n) is 3.34. The molecule has 0 radical (unpaired) electrons.